The molecule has 2 heteroatoms. The summed E-state index contributed by atoms with van der Waals surface area (Å²) >= 11 is 0. The highest BCUT2D eigenvalue weighted by Gasteiger charge is 2.28. The highest BCUT2D eigenvalue weighted by atomic mass is 31.2. The average Bonchev–Trinajstić information content (AvgIpc) is 2.31. The van der Waals surface area contributed by atoms with Crippen LogP contribution in [0.25, 0.3) is 0 Å². The van der Waals surface area contributed by atoms with Crippen molar-refractivity contribution < 1.29 is 0 Å². The molecule has 1 unspecified atom stereocenters. The van der Waals surface area contributed by atoms with Gasteiger partial charge in [-0.1, -0.05) is 48.5 Å². The molecular formula is C14H15BP+. The van der Waals surface area contributed by atoms with Gasteiger partial charge in [0.1, 0.15) is 0 Å². The minimum atomic E-state index is -1.52. The molecule has 0 saturated heterocycles. The van der Waals surface area contributed by atoms with Crippen molar-refractivity contribution in [1.82, 2.24) is 0 Å². The van der Waals surface area contributed by atoms with Gasteiger partial charge in [-0.15, -0.1) is 0 Å². The van der Waals surface area contributed by atoms with E-state index >= 15 is 0 Å². The quantitative estimate of drug-likeness (QED) is 0.555. The standard InChI is InChI=1S/C14H15BP/c1-16(15,14-10-6-3-7-11-14)12-13-8-4-2-5-9-13/h2-11H,12H2,1H3/q+1. The second kappa shape index (κ2) is 4.85. The first-order valence-corrected chi connectivity index (χ1v) is 7.91. The van der Waals surface area contributed by atoms with E-state index in [1.165, 1.54) is 10.9 Å². The lowest BCUT2D eigenvalue weighted by molar-refractivity contribution is 1.39. The molecule has 0 spiro atoms. The number of hydrogen-bond donors (Lipinski definition) is 0. The Morgan fingerprint density at radius 1 is 0.875 bits per heavy atom. The lowest BCUT2D eigenvalue weighted by atomic mass is 10.2. The molecule has 0 aliphatic carbocycles. The van der Waals surface area contributed by atoms with Gasteiger partial charge in [0, 0.05) is 6.66 Å². The first-order valence-electron chi connectivity index (χ1n) is 5.42. The van der Waals surface area contributed by atoms with Gasteiger partial charge in [-0.05, 0) is 24.8 Å². The number of benzene rings is 2. The third-order valence-corrected chi connectivity index (χ3v) is 5.20. The zero-order chi connectivity index (χ0) is 11.4. The molecule has 2 aromatic carbocycles. The Labute approximate surface area is 99.4 Å². The van der Waals surface area contributed by atoms with Gasteiger partial charge in [0.15, 0.2) is 0 Å². The van der Waals surface area contributed by atoms with Crippen LogP contribution in [-0.2, 0) is 6.16 Å². The smallest absolute Gasteiger partial charge is 0.0622 e. The van der Waals surface area contributed by atoms with Gasteiger partial charge in [0.25, 0.3) is 0 Å². The predicted octanol–water partition coefficient (Wildman–Crippen LogP) is 3.24. The summed E-state index contributed by atoms with van der Waals surface area (Å²) in [5.74, 6) is 0. The van der Waals surface area contributed by atoms with Crippen molar-refractivity contribution in [3.63, 3.8) is 0 Å². The molecule has 0 N–H and O–H groups in total. The Morgan fingerprint density at radius 3 is 1.94 bits per heavy atom. The van der Waals surface area contributed by atoms with E-state index in [1.807, 2.05) is 12.1 Å². The molecule has 0 aliphatic rings. The van der Waals surface area contributed by atoms with Crippen molar-refractivity contribution in [1.29, 1.82) is 0 Å². The molecule has 0 nitrogen and oxygen atoms in total. The van der Waals surface area contributed by atoms with Crippen LogP contribution >= 0.6 is 7.14 Å². The normalized spacial score (nSPS) is 14.3. The summed E-state index contributed by atoms with van der Waals surface area (Å²) in [6.45, 7) is 2.19. The minimum Gasteiger partial charge on any atom is -0.0622 e. The predicted molar refractivity (Wildman–Crippen MR) is 74.8 cm³/mol. The maximum Gasteiger partial charge on any atom is 0.371 e. The second-order valence-electron chi connectivity index (χ2n) is 4.25. The third-order valence-electron chi connectivity index (χ3n) is 2.70. The van der Waals surface area contributed by atoms with Crippen LogP contribution in [0.4, 0.5) is 0 Å². The van der Waals surface area contributed by atoms with Crippen molar-refractivity contribution in [2.45, 2.75) is 6.16 Å². The third kappa shape index (κ3) is 2.74. The van der Waals surface area contributed by atoms with Crippen molar-refractivity contribution in [3.05, 3.63) is 66.2 Å². The maximum absolute atomic E-state index is 6.48. The molecule has 0 amide bonds. The van der Waals surface area contributed by atoms with Crippen LogP contribution in [0.5, 0.6) is 0 Å². The lowest BCUT2D eigenvalue weighted by Gasteiger charge is -2.18. The average molecular weight is 225 g/mol. The molecule has 2 rings (SSSR count). The molecule has 1 atom stereocenters. The summed E-state index contributed by atoms with van der Waals surface area (Å²) in [6.07, 6.45) is 0.970. The summed E-state index contributed by atoms with van der Waals surface area (Å²) < 4.78 is 0. The monoisotopic (exact) mass is 225 g/mol. The summed E-state index contributed by atoms with van der Waals surface area (Å²) in [4.78, 5) is 0. The van der Waals surface area contributed by atoms with Crippen molar-refractivity contribution in [3.8, 4) is 0 Å². The molecular weight excluding hydrogens is 210 g/mol. The molecule has 78 valence electrons. The van der Waals surface area contributed by atoms with Crippen molar-refractivity contribution in [2.75, 3.05) is 6.66 Å². The van der Waals surface area contributed by atoms with E-state index in [-0.39, 0.29) is 0 Å². The Kier molecular flexibility index (Phi) is 3.46. The van der Waals surface area contributed by atoms with E-state index in [0.29, 0.717) is 0 Å². The summed E-state index contributed by atoms with van der Waals surface area (Å²) in [5, 5.41) is 1.29. The Morgan fingerprint density at radius 2 is 1.38 bits per heavy atom. The Balaban J connectivity index is 2.21. The largest absolute Gasteiger partial charge is 0.371 e. The van der Waals surface area contributed by atoms with Crippen LogP contribution in [0.2, 0.25) is 0 Å². The summed E-state index contributed by atoms with van der Waals surface area (Å²) in [6, 6.07) is 20.9. The van der Waals surface area contributed by atoms with E-state index in [0.717, 1.165) is 6.16 Å². The molecule has 0 aliphatic heterocycles. The van der Waals surface area contributed by atoms with E-state index in [9.17, 15) is 0 Å². The molecule has 0 heterocycles. The first kappa shape index (κ1) is 11.4. The number of hydrogen-bond acceptors (Lipinski definition) is 0. The van der Waals surface area contributed by atoms with Crippen molar-refractivity contribution >= 4 is 20.0 Å². The second-order valence-corrected chi connectivity index (χ2v) is 7.62. The van der Waals surface area contributed by atoms with Crippen LogP contribution in [0.1, 0.15) is 5.56 Å². The van der Waals surface area contributed by atoms with E-state index in [1.54, 1.807) is 0 Å². The molecule has 16 heavy (non-hydrogen) atoms. The summed E-state index contributed by atoms with van der Waals surface area (Å²) in [7, 11) is 4.96. The van der Waals surface area contributed by atoms with Crippen LogP contribution < -0.4 is 5.30 Å². The zero-order valence-electron chi connectivity index (χ0n) is 9.51. The van der Waals surface area contributed by atoms with Gasteiger partial charge in [0.2, 0.25) is 0 Å². The van der Waals surface area contributed by atoms with Gasteiger partial charge in [-0.25, -0.2) is 0 Å². The molecule has 0 bridgehead atoms. The van der Waals surface area contributed by atoms with Gasteiger partial charge in [-0.2, -0.15) is 0 Å². The Hall–Kier alpha value is -1.07. The van der Waals surface area contributed by atoms with Crippen molar-refractivity contribution in [2.24, 2.45) is 0 Å². The SMILES string of the molecule is [B][P+](C)(Cc1ccccc1)c1ccccc1. The highest BCUT2D eigenvalue weighted by Crippen LogP contribution is 2.51. The van der Waals surface area contributed by atoms with Gasteiger partial charge < -0.3 is 0 Å². The minimum absolute atomic E-state index is 0.970. The molecule has 2 aromatic rings. The maximum atomic E-state index is 6.48. The fourth-order valence-electron chi connectivity index (χ4n) is 1.82. The van der Waals surface area contributed by atoms with Crippen LogP contribution in [-0.4, -0.2) is 14.2 Å². The highest BCUT2D eigenvalue weighted by molar-refractivity contribution is 8.01. The van der Waals surface area contributed by atoms with Crippen LogP contribution in [0, 0.1) is 0 Å². The lowest BCUT2D eigenvalue weighted by Crippen LogP contribution is -2.11. The molecule has 0 saturated carbocycles. The van der Waals surface area contributed by atoms with Crippen LogP contribution in [0.15, 0.2) is 60.7 Å². The topological polar surface area (TPSA) is 0 Å². The molecule has 0 fully saturated rings. The number of rotatable bonds is 3. The Bertz CT molecular complexity index is 437. The van der Waals surface area contributed by atoms with Gasteiger partial charge in [-0.3, -0.25) is 0 Å². The van der Waals surface area contributed by atoms with Crippen LogP contribution in [0.3, 0.4) is 0 Å². The fourth-order valence-corrected chi connectivity index (χ4v) is 3.83. The van der Waals surface area contributed by atoms with Gasteiger partial charge in [0.05, 0.1) is 11.5 Å². The molecule has 2 radical (unpaired) electrons. The van der Waals surface area contributed by atoms with E-state index < -0.39 is 7.14 Å². The molecule has 0 aromatic heterocycles. The summed E-state index contributed by atoms with van der Waals surface area (Å²) in [5.41, 5.74) is 1.32. The van der Waals surface area contributed by atoms with Gasteiger partial charge >= 0.3 is 7.57 Å². The van der Waals surface area contributed by atoms with E-state index in [4.69, 9.17) is 7.57 Å². The fraction of sp³-hybridized carbons (Fsp3) is 0.143. The van der Waals surface area contributed by atoms with E-state index in [2.05, 4.69) is 55.2 Å². The zero-order valence-corrected chi connectivity index (χ0v) is 10.4. The first-order chi connectivity index (χ1) is 7.68.